The average molecular weight is 334 g/mol. The van der Waals surface area contributed by atoms with Crippen LogP contribution in [0.2, 0.25) is 5.02 Å². The van der Waals surface area contributed by atoms with Gasteiger partial charge in [-0.1, -0.05) is 72.3 Å². The van der Waals surface area contributed by atoms with Crippen molar-refractivity contribution in [2.24, 2.45) is 0 Å². The number of rotatable bonds is 2. The van der Waals surface area contributed by atoms with Crippen molar-refractivity contribution in [3.05, 3.63) is 89.7 Å². The van der Waals surface area contributed by atoms with E-state index in [0.29, 0.717) is 5.52 Å². The molecule has 0 aliphatic heterocycles. The minimum atomic E-state index is -0.435. The largest absolute Gasteiger partial charge is 0.248 e. The molecule has 3 aromatic carbocycles. The lowest BCUT2D eigenvalue weighted by Crippen LogP contribution is -1.91. The Morgan fingerprint density at radius 3 is 2.04 bits per heavy atom. The summed E-state index contributed by atoms with van der Waals surface area (Å²) in [6, 6.07) is 24.9. The zero-order valence-electron chi connectivity index (χ0n) is 12.7. The summed E-state index contributed by atoms with van der Waals surface area (Å²) >= 11 is 5.97. The molecule has 3 heteroatoms. The molecule has 0 N–H and O–H groups in total. The summed E-state index contributed by atoms with van der Waals surface area (Å²) < 4.78 is 14.0. The predicted molar refractivity (Wildman–Crippen MR) is 97.6 cm³/mol. The topological polar surface area (TPSA) is 12.9 Å². The van der Waals surface area contributed by atoms with Gasteiger partial charge in [0.05, 0.1) is 16.2 Å². The molecule has 0 fully saturated rings. The molecule has 0 saturated carbocycles. The highest BCUT2D eigenvalue weighted by molar-refractivity contribution is 6.31. The Balaban J connectivity index is 2.06. The molecule has 0 saturated heterocycles. The molecule has 0 radical (unpaired) electrons. The quantitative estimate of drug-likeness (QED) is 0.416. The lowest BCUT2D eigenvalue weighted by atomic mass is 9.98. The first kappa shape index (κ1) is 14.9. The Morgan fingerprint density at radius 2 is 1.38 bits per heavy atom. The summed E-state index contributed by atoms with van der Waals surface area (Å²) in [7, 11) is 0. The third-order valence-corrected chi connectivity index (χ3v) is 4.29. The SMILES string of the molecule is Fc1cc2c(-c3ccccc3)cc(-c3ccccc3)nc2cc1Cl. The van der Waals surface area contributed by atoms with E-state index >= 15 is 0 Å². The average Bonchev–Trinajstić information content (AvgIpc) is 2.63. The minimum absolute atomic E-state index is 0.0826. The molecule has 4 rings (SSSR count). The van der Waals surface area contributed by atoms with Gasteiger partial charge in [0.2, 0.25) is 0 Å². The highest BCUT2D eigenvalue weighted by Gasteiger charge is 2.12. The number of fused-ring (bicyclic) bond motifs is 1. The van der Waals surface area contributed by atoms with Crippen molar-refractivity contribution in [3.8, 4) is 22.4 Å². The van der Waals surface area contributed by atoms with Crippen LogP contribution in [0.25, 0.3) is 33.3 Å². The van der Waals surface area contributed by atoms with Crippen LogP contribution >= 0.6 is 11.6 Å². The van der Waals surface area contributed by atoms with Gasteiger partial charge < -0.3 is 0 Å². The maximum absolute atomic E-state index is 14.0. The Hall–Kier alpha value is -2.71. The second-order valence-electron chi connectivity index (χ2n) is 5.57. The predicted octanol–water partition coefficient (Wildman–Crippen LogP) is 6.36. The van der Waals surface area contributed by atoms with E-state index in [1.165, 1.54) is 6.07 Å². The lowest BCUT2D eigenvalue weighted by Gasteiger charge is -2.11. The summed E-state index contributed by atoms with van der Waals surface area (Å²) in [6.45, 7) is 0. The number of hydrogen-bond donors (Lipinski definition) is 0. The normalized spacial score (nSPS) is 10.9. The summed E-state index contributed by atoms with van der Waals surface area (Å²) in [6.07, 6.45) is 0. The fraction of sp³-hybridized carbons (Fsp3) is 0. The van der Waals surface area contributed by atoms with Gasteiger partial charge >= 0.3 is 0 Å². The first-order chi connectivity index (χ1) is 11.7. The van der Waals surface area contributed by atoms with Gasteiger partial charge in [-0.2, -0.15) is 0 Å². The van der Waals surface area contributed by atoms with Gasteiger partial charge in [-0.3, -0.25) is 0 Å². The lowest BCUT2D eigenvalue weighted by molar-refractivity contribution is 0.630. The number of nitrogens with zero attached hydrogens (tertiary/aromatic N) is 1. The summed E-state index contributed by atoms with van der Waals surface area (Å²) in [5.41, 5.74) is 4.49. The third kappa shape index (κ3) is 2.66. The maximum atomic E-state index is 14.0. The van der Waals surface area contributed by atoms with Gasteiger partial charge in [-0.15, -0.1) is 0 Å². The third-order valence-electron chi connectivity index (χ3n) is 4.01. The Labute approximate surface area is 144 Å². The van der Waals surface area contributed by atoms with Crippen molar-refractivity contribution in [3.63, 3.8) is 0 Å². The van der Waals surface area contributed by atoms with Gasteiger partial charge in [0.15, 0.2) is 0 Å². The highest BCUT2D eigenvalue weighted by atomic mass is 35.5. The standard InChI is InChI=1S/C21H13ClFN/c22-18-13-21-17(11-19(18)23)16(14-7-3-1-4-8-14)12-20(24-21)15-9-5-2-6-10-15/h1-13H. The van der Waals surface area contributed by atoms with Crippen LogP contribution in [0.15, 0.2) is 78.9 Å². The van der Waals surface area contributed by atoms with Gasteiger partial charge in [0.1, 0.15) is 5.82 Å². The van der Waals surface area contributed by atoms with Crippen LogP contribution in [0.3, 0.4) is 0 Å². The van der Waals surface area contributed by atoms with Gasteiger partial charge in [0.25, 0.3) is 0 Å². The molecule has 1 aromatic heterocycles. The van der Waals surface area contributed by atoms with Crippen LogP contribution in [0, 0.1) is 5.82 Å². The monoisotopic (exact) mass is 333 g/mol. The van der Waals surface area contributed by atoms with Crippen LogP contribution in [0.1, 0.15) is 0 Å². The summed E-state index contributed by atoms with van der Waals surface area (Å²) in [5.74, 6) is -0.435. The Morgan fingerprint density at radius 1 is 0.750 bits per heavy atom. The first-order valence-electron chi connectivity index (χ1n) is 7.63. The molecule has 1 nitrogen and oxygen atoms in total. The van der Waals surface area contributed by atoms with Crippen LogP contribution in [-0.4, -0.2) is 4.98 Å². The number of hydrogen-bond acceptors (Lipinski definition) is 1. The van der Waals surface area contributed by atoms with Crippen LogP contribution in [0.5, 0.6) is 0 Å². The molecule has 0 atom stereocenters. The molecule has 0 aliphatic carbocycles. The molecule has 0 unspecified atom stereocenters. The first-order valence-corrected chi connectivity index (χ1v) is 8.01. The highest BCUT2D eigenvalue weighted by Crippen LogP contribution is 2.34. The van der Waals surface area contributed by atoms with Gasteiger partial charge in [0, 0.05) is 10.9 Å². The molecule has 1 heterocycles. The zero-order chi connectivity index (χ0) is 16.5. The molecule has 0 amide bonds. The summed E-state index contributed by atoms with van der Waals surface area (Å²) in [4.78, 5) is 4.68. The minimum Gasteiger partial charge on any atom is -0.248 e. The van der Waals surface area contributed by atoms with Crippen molar-refractivity contribution < 1.29 is 4.39 Å². The van der Waals surface area contributed by atoms with Crippen molar-refractivity contribution in [2.75, 3.05) is 0 Å². The second kappa shape index (κ2) is 6.06. The maximum Gasteiger partial charge on any atom is 0.142 e. The van der Waals surface area contributed by atoms with Crippen molar-refractivity contribution in [2.45, 2.75) is 0 Å². The van der Waals surface area contributed by atoms with E-state index in [1.807, 2.05) is 66.7 Å². The smallest absolute Gasteiger partial charge is 0.142 e. The van der Waals surface area contributed by atoms with E-state index in [0.717, 1.165) is 27.8 Å². The van der Waals surface area contributed by atoms with E-state index < -0.39 is 5.82 Å². The van der Waals surface area contributed by atoms with E-state index in [1.54, 1.807) is 6.07 Å². The van der Waals surface area contributed by atoms with Gasteiger partial charge in [-0.25, -0.2) is 9.37 Å². The second-order valence-corrected chi connectivity index (χ2v) is 5.98. The fourth-order valence-electron chi connectivity index (χ4n) is 2.83. The number of aromatic nitrogens is 1. The molecule has 4 aromatic rings. The van der Waals surface area contributed by atoms with E-state index in [2.05, 4.69) is 4.98 Å². The number of halogens is 2. The van der Waals surface area contributed by atoms with Crippen LogP contribution in [0.4, 0.5) is 4.39 Å². The molecule has 0 bridgehead atoms. The Bertz CT molecular complexity index is 1010. The molecule has 0 spiro atoms. The summed E-state index contributed by atoms with van der Waals surface area (Å²) in [5, 5.41) is 0.835. The molecular weight excluding hydrogens is 321 g/mol. The van der Waals surface area contributed by atoms with Crippen molar-refractivity contribution in [1.29, 1.82) is 0 Å². The van der Waals surface area contributed by atoms with Gasteiger partial charge in [-0.05, 0) is 29.3 Å². The van der Waals surface area contributed by atoms with E-state index in [4.69, 9.17) is 11.6 Å². The fourth-order valence-corrected chi connectivity index (χ4v) is 2.99. The van der Waals surface area contributed by atoms with E-state index in [-0.39, 0.29) is 5.02 Å². The molecule has 116 valence electrons. The zero-order valence-corrected chi connectivity index (χ0v) is 13.5. The molecular formula is C21H13ClFN. The Kier molecular flexibility index (Phi) is 3.75. The van der Waals surface area contributed by atoms with E-state index in [9.17, 15) is 4.39 Å². The number of benzene rings is 3. The number of pyridine rings is 1. The van der Waals surface area contributed by atoms with Crippen molar-refractivity contribution in [1.82, 2.24) is 4.98 Å². The van der Waals surface area contributed by atoms with Crippen LogP contribution < -0.4 is 0 Å². The van der Waals surface area contributed by atoms with Crippen LogP contribution in [-0.2, 0) is 0 Å². The van der Waals surface area contributed by atoms with Crippen molar-refractivity contribution >= 4 is 22.5 Å². The molecule has 0 aliphatic rings. The molecule has 24 heavy (non-hydrogen) atoms.